The van der Waals surface area contributed by atoms with Gasteiger partial charge in [-0.3, -0.25) is 9.59 Å². The third-order valence-electron chi connectivity index (χ3n) is 4.58. The van der Waals surface area contributed by atoms with Crippen molar-refractivity contribution >= 4 is 28.5 Å². The number of fused-ring (bicyclic) bond motifs is 1. The van der Waals surface area contributed by atoms with Crippen molar-refractivity contribution in [2.45, 2.75) is 0 Å². The van der Waals surface area contributed by atoms with E-state index < -0.39 is 23.1 Å². The lowest BCUT2D eigenvalue weighted by atomic mass is 10.1. The average Bonchev–Trinajstić information content (AvgIpc) is 2.74. The SMILES string of the molecule is O=C(O)c1ccc(NC(=O)c2ccc(-n3c(=O)[nH]c4ccccc4c3=O)cc2)cc1. The smallest absolute Gasteiger partial charge is 0.335 e. The Balaban J connectivity index is 1.61. The normalized spacial score (nSPS) is 10.7. The van der Waals surface area contributed by atoms with Crippen LogP contribution in [0.15, 0.2) is 82.4 Å². The van der Waals surface area contributed by atoms with Gasteiger partial charge in [-0.15, -0.1) is 0 Å². The molecule has 0 aliphatic rings. The highest BCUT2D eigenvalue weighted by atomic mass is 16.4. The molecule has 4 aromatic rings. The summed E-state index contributed by atoms with van der Waals surface area (Å²) in [4.78, 5) is 51.1. The molecule has 0 aliphatic carbocycles. The first-order valence-electron chi connectivity index (χ1n) is 8.93. The average molecular weight is 401 g/mol. The van der Waals surface area contributed by atoms with E-state index in [1.807, 2.05) is 0 Å². The van der Waals surface area contributed by atoms with Gasteiger partial charge in [-0.25, -0.2) is 14.2 Å². The molecule has 0 bridgehead atoms. The van der Waals surface area contributed by atoms with Crippen LogP contribution in [-0.4, -0.2) is 26.5 Å². The molecule has 0 atom stereocenters. The standard InChI is InChI=1S/C22H15N3O5/c26-19(23-15-9-5-14(6-10-15)21(28)29)13-7-11-16(12-8-13)25-20(27)17-3-1-2-4-18(17)24-22(25)30/h1-12H,(H,23,26)(H,24,30)(H,28,29). The Morgan fingerprint density at radius 2 is 1.47 bits per heavy atom. The molecule has 1 heterocycles. The lowest BCUT2D eigenvalue weighted by molar-refractivity contribution is 0.0696. The number of benzene rings is 3. The van der Waals surface area contributed by atoms with Crippen LogP contribution in [-0.2, 0) is 0 Å². The van der Waals surface area contributed by atoms with Crippen LogP contribution in [0.2, 0.25) is 0 Å². The van der Waals surface area contributed by atoms with Crippen molar-refractivity contribution in [1.82, 2.24) is 9.55 Å². The number of carboxylic acid groups (broad SMARTS) is 1. The molecule has 1 aromatic heterocycles. The first-order valence-corrected chi connectivity index (χ1v) is 8.93. The third kappa shape index (κ3) is 3.49. The number of carboxylic acids is 1. The van der Waals surface area contributed by atoms with Crippen molar-refractivity contribution in [3.63, 3.8) is 0 Å². The molecule has 148 valence electrons. The Morgan fingerprint density at radius 3 is 2.13 bits per heavy atom. The van der Waals surface area contributed by atoms with Crippen LogP contribution in [0.1, 0.15) is 20.7 Å². The molecule has 0 aliphatic heterocycles. The van der Waals surface area contributed by atoms with Gasteiger partial charge in [0.2, 0.25) is 0 Å². The highest BCUT2D eigenvalue weighted by Gasteiger charge is 2.11. The molecule has 0 unspecified atom stereocenters. The number of aromatic nitrogens is 2. The summed E-state index contributed by atoms with van der Waals surface area (Å²) in [6, 6.07) is 18.5. The molecular formula is C22H15N3O5. The number of amides is 1. The van der Waals surface area contributed by atoms with Crippen LogP contribution in [0, 0.1) is 0 Å². The summed E-state index contributed by atoms with van der Waals surface area (Å²) >= 11 is 0. The van der Waals surface area contributed by atoms with Crippen molar-refractivity contribution < 1.29 is 14.7 Å². The van der Waals surface area contributed by atoms with E-state index in [9.17, 15) is 19.2 Å². The Hall–Kier alpha value is -4.46. The second kappa shape index (κ2) is 7.51. The summed E-state index contributed by atoms with van der Waals surface area (Å²) in [7, 11) is 0. The summed E-state index contributed by atoms with van der Waals surface area (Å²) in [5, 5.41) is 12.0. The number of nitrogens with zero attached hydrogens (tertiary/aromatic N) is 1. The number of hydrogen-bond donors (Lipinski definition) is 3. The number of rotatable bonds is 4. The summed E-state index contributed by atoms with van der Waals surface area (Å²) in [6.07, 6.45) is 0. The van der Waals surface area contributed by atoms with Crippen molar-refractivity contribution in [2.24, 2.45) is 0 Å². The van der Waals surface area contributed by atoms with E-state index >= 15 is 0 Å². The molecule has 4 rings (SSSR count). The summed E-state index contributed by atoms with van der Waals surface area (Å²) in [5.74, 6) is -1.47. The fourth-order valence-electron chi connectivity index (χ4n) is 3.06. The molecule has 8 heteroatoms. The second-order valence-corrected chi connectivity index (χ2v) is 6.50. The van der Waals surface area contributed by atoms with Gasteiger partial charge in [0.15, 0.2) is 0 Å². The molecule has 1 amide bonds. The van der Waals surface area contributed by atoms with Crippen LogP contribution in [0.25, 0.3) is 16.6 Å². The van der Waals surface area contributed by atoms with Gasteiger partial charge < -0.3 is 15.4 Å². The van der Waals surface area contributed by atoms with Crippen LogP contribution in [0.3, 0.4) is 0 Å². The maximum absolute atomic E-state index is 12.7. The number of carbonyl (C=O) groups is 2. The molecule has 8 nitrogen and oxygen atoms in total. The minimum Gasteiger partial charge on any atom is -0.478 e. The molecule has 0 saturated heterocycles. The van der Waals surface area contributed by atoms with E-state index in [1.54, 1.807) is 24.3 Å². The Bertz CT molecular complexity index is 1380. The predicted octanol–water partition coefficient (Wildman–Crippen LogP) is 2.63. The summed E-state index contributed by atoms with van der Waals surface area (Å²) < 4.78 is 1.01. The molecule has 0 saturated carbocycles. The molecule has 30 heavy (non-hydrogen) atoms. The predicted molar refractivity (Wildman–Crippen MR) is 112 cm³/mol. The molecule has 0 fully saturated rings. The van der Waals surface area contributed by atoms with Crippen molar-refractivity contribution in [2.75, 3.05) is 5.32 Å². The summed E-state index contributed by atoms with van der Waals surface area (Å²) in [6.45, 7) is 0. The molecular weight excluding hydrogens is 386 g/mol. The maximum Gasteiger partial charge on any atom is 0.335 e. The van der Waals surface area contributed by atoms with Gasteiger partial charge in [0.25, 0.3) is 11.5 Å². The van der Waals surface area contributed by atoms with E-state index in [0.717, 1.165) is 4.57 Å². The number of anilines is 1. The Kier molecular flexibility index (Phi) is 4.73. The zero-order valence-corrected chi connectivity index (χ0v) is 15.5. The minimum absolute atomic E-state index is 0.114. The lowest BCUT2D eigenvalue weighted by Crippen LogP contribution is -2.33. The van der Waals surface area contributed by atoms with Gasteiger partial charge in [-0.05, 0) is 60.7 Å². The first-order chi connectivity index (χ1) is 14.4. The number of H-pyrrole nitrogens is 1. The van der Waals surface area contributed by atoms with E-state index in [1.165, 1.54) is 48.5 Å². The Labute approximate surface area is 169 Å². The van der Waals surface area contributed by atoms with Crippen molar-refractivity contribution in [1.29, 1.82) is 0 Å². The molecule has 3 N–H and O–H groups in total. The van der Waals surface area contributed by atoms with E-state index in [2.05, 4.69) is 10.3 Å². The third-order valence-corrected chi connectivity index (χ3v) is 4.58. The van der Waals surface area contributed by atoms with Crippen LogP contribution < -0.4 is 16.6 Å². The van der Waals surface area contributed by atoms with Gasteiger partial charge in [0.05, 0.1) is 22.2 Å². The number of aromatic amines is 1. The lowest BCUT2D eigenvalue weighted by Gasteiger charge is -2.08. The van der Waals surface area contributed by atoms with Gasteiger partial charge in [-0.2, -0.15) is 0 Å². The first kappa shape index (κ1) is 18.9. The fourth-order valence-corrected chi connectivity index (χ4v) is 3.06. The topological polar surface area (TPSA) is 121 Å². The minimum atomic E-state index is -1.05. The highest BCUT2D eigenvalue weighted by molar-refractivity contribution is 6.04. The van der Waals surface area contributed by atoms with Gasteiger partial charge in [-0.1, -0.05) is 12.1 Å². The number of hydrogen-bond acceptors (Lipinski definition) is 4. The van der Waals surface area contributed by atoms with Gasteiger partial charge in [0.1, 0.15) is 0 Å². The van der Waals surface area contributed by atoms with Crippen LogP contribution >= 0.6 is 0 Å². The molecule has 0 radical (unpaired) electrons. The quantitative estimate of drug-likeness (QED) is 0.485. The van der Waals surface area contributed by atoms with E-state index in [0.29, 0.717) is 27.8 Å². The van der Waals surface area contributed by atoms with Gasteiger partial charge >= 0.3 is 11.7 Å². The van der Waals surface area contributed by atoms with E-state index in [-0.39, 0.29) is 5.56 Å². The second-order valence-electron chi connectivity index (χ2n) is 6.50. The fraction of sp³-hybridized carbons (Fsp3) is 0. The van der Waals surface area contributed by atoms with Crippen LogP contribution in [0.5, 0.6) is 0 Å². The highest BCUT2D eigenvalue weighted by Crippen LogP contribution is 2.13. The molecule has 3 aromatic carbocycles. The zero-order chi connectivity index (χ0) is 21.3. The maximum atomic E-state index is 12.7. The van der Waals surface area contributed by atoms with Crippen molar-refractivity contribution in [3.8, 4) is 5.69 Å². The number of aromatic carboxylic acids is 1. The zero-order valence-electron chi connectivity index (χ0n) is 15.5. The largest absolute Gasteiger partial charge is 0.478 e. The van der Waals surface area contributed by atoms with Crippen molar-refractivity contribution in [3.05, 3.63) is 105 Å². The van der Waals surface area contributed by atoms with E-state index in [4.69, 9.17) is 5.11 Å². The number of nitrogens with one attached hydrogen (secondary N) is 2. The van der Waals surface area contributed by atoms with Gasteiger partial charge in [0, 0.05) is 11.3 Å². The summed E-state index contributed by atoms with van der Waals surface area (Å²) in [5.41, 5.74) is 0.619. The van der Waals surface area contributed by atoms with Crippen LogP contribution in [0.4, 0.5) is 5.69 Å². The molecule has 0 spiro atoms. The monoisotopic (exact) mass is 401 g/mol. The number of carbonyl (C=O) groups excluding carboxylic acids is 1. The number of para-hydroxylation sites is 1. The Morgan fingerprint density at radius 1 is 0.833 bits per heavy atom.